The summed E-state index contributed by atoms with van der Waals surface area (Å²) in [6, 6.07) is 0. The number of imidazole rings is 1. The van der Waals surface area contributed by atoms with Gasteiger partial charge in [0.15, 0.2) is 0 Å². The van der Waals surface area contributed by atoms with Crippen LogP contribution in [0.5, 0.6) is 0 Å². The molecule has 0 spiro atoms. The molecule has 0 fully saturated rings. The zero-order valence-corrected chi connectivity index (χ0v) is 9.70. The third-order valence-corrected chi connectivity index (χ3v) is 2.45. The Bertz CT molecular complexity index is 283. The molecule has 4 heteroatoms. The third kappa shape index (κ3) is 3.64. The van der Waals surface area contributed by atoms with Gasteiger partial charge in [0.2, 0.25) is 0 Å². The molecule has 0 unspecified atom stereocenters. The van der Waals surface area contributed by atoms with Crippen LogP contribution >= 0.6 is 0 Å². The van der Waals surface area contributed by atoms with E-state index in [1.54, 1.807) is 0 Å². The highest BCUT2D eigenvalue weighted by Gasteiger charge is 2.03. The number of hydrogen-bond acceptors (Lipinski definition) is 3. The fraction of sp³-hybridized carbons (Fsp3) is 0.727. The highest BCUT2D eigenvalue weighted by Crippen LogP contribution is 2.03. The van der Waals surface area contributed by atoms with Gasteiger partial charge in [-0.15, -0.1) is 0 Å². The molecule has 15 heavy (non-hydrogen) atoms. The predicted octanol–water partition coefficient (Wildman–Crippen LogP) is 1.47. The maximum Gasteiger partial charge on any atom is 0.105 e. The number of hydrogen-bond donors (Lipinski definition) is 1. The molecule has 0 atom stereocenters. The monoisotopic (exact) mass is 211 g/mol. The van der Waals surface area contributed by atoms with E-state index in [2.05, 4.69) is 16.5 Å². The van der Waals surface area contributed by atoms with Crippen LogP contribution < -0.4 is 5.73 Å². The van der Waals surface area contributed by atoms with E-state index in [1.165, 1.54) is 6.42 Å². The molecule has 86 valence electrons. The number of nitrogens with zero attached hydrogens (tertiary/aromatic N) is 2. The first kappa shape index (κ1) is 12.2. The molecule has 1 aromatic rings. The minimum absolute atomic E-state index is 0.538. The van der Waals surface area contributed by atoms with Gasteiger partial charge in [-0.25, -0.2) is 4.98 Å². The van der Waals surface area contributed by atoms with E-state index in [1.807, 2.05) is 13.1 Å². The minimum atomic E-state index is 0.538. The van der Waals surface area contributed by atoms with Crippen molar-refractivity contribution in [2.24, 2.45) is 5.73 Å². The highest BCUT2D eigenvalue weighted by molar-refractivity contribution is 5.03. The summed E-state index contributed by atoms with van der Waals surface area (Å²) in [7, 11) is 0. The van der Waals surface area contributed by atoms with Crippen LogP contribution in [0.1, 0.15) is 31.3 Å². The van der Waals surface area contributed by atoms with Crippen molar-refractivity contribution < 1.29 is 4.74 Å². The normalized spacial score (nSPS) is 10.9. The van der Waals surface area contributed by atoms with Crippen LogP contribution in [-0.2, 0) is 17.8 Å². The zero-order valence-electron chi connectivity index (χ0n) is 9.70. The molecule has 1 rings (SSSR count). The van der Waals surface area contributed by atoms with Gasteiger partial charge in [-0.1, -0.05) is 13.3 Å². The van der Waals surface area contributed by atoms with Crippen molar-refractivity contribution in [3.8, 4) is 0 Å². The van der Waals surface area contributed by atoms with E-state index in [0.717, 1.165) is 37.7 Å². The summed E-state index contributed by atoms with van der Waals surface area (Å²) in [6.07, 6.45) is 4.15. The summed E-state index contributed by atoms with van der Waals surface area (Å²) in [5.74, 6) is 1.01. The Morgan fingerprint density at radius 2 is 2.27 bits per heavy atom. The van der Waals surface area contributed by atoms with E-state index in [-0.39, 0.29) is 0 Å². The smallest absolute Gasteiger partial charge is 0.105 e. The number of ether oxygens (including phenoxy) is 1. The van der Waals surface area contributed by atoms with E-state index in [0.29, 0.717) is 6.54 Å². The van der Waals surface area contributed by atoms with Gasteiger partial charge in [0.1, 0.15) is 5.82 Å². The predicted molar refractivity (Wildman–Crippen MR) is 60.6 cm³/mol. The van der Waals surface area contributed by atoms with Crippen LogP contribution in [0.15, 0.2) is 6.20 Å². The van der Waals surface area contributed by atoms with Crippen LogP contribution in [0.2, 0.25) is 0 Å². The molecular formula is C11H21N3O. The number of nitrogens with two attached hydrogens (primary N) is 1. The van der Waals surface area contributed by atoms with Gasteiger partial charge >= 0.3 is 0 Å². The SMILES string of the molecule is CCCCOCCn1c(CN)cnc1C. The lowest BCUT2D eigenvalue weighted by atomic mass is 10.4. The van der Waals surface area contributed by atoms with Gasteiger partial charge in [-0.05, 0) is 13.3 Å². The Kier molecular flexibility index (Phi) is 5.36. The number of aromatic nitrogens is 2. The summed E-state index contributed by atoms with van der Waals surface area (Å²) in [6.45, 7) is 7.13. The highest BCUT2D eigenvalue weighted by atomic mass is 16.5. The second kappa shape index (κ2) is 6.58. The molecule has 1 heterocycles. The second-order valence-corrected chi connectivity index (χ2v) is 3.62. The Labute approximate surface area is 91.4 Å². The Morgan fingerprint density at radius 3 is 2.93 bits per heavy atom. The summed E-state index contributed by atoms with van der Waals surface area (Å²) < 4.78 is 7.63. The summed E-state index contributed by atoms with van der Waals surface area (Å²) in [5.41, 5.74) is 6.69. The van der Waals surface area contributed by atoms with Gasteiger partial charge in [0.25, 0.3) is 0 Å². The van der Waals surface area contributed by atoms with Crippen LogP contribution in [0, 0.1) is 6.92 Å². The van der Waals surface area contributed by atoms with Crippen molar-refractivity contribution in [1.29, 1.82) is 0 Å². The molecule has 0 bridgehead atoms. The Morgan fingerprint density at radius 1 is 1.47 bits per heavy atom. The van der Waals surface area contributed by atoms with E-state index < -0.39 is 0 Å². The van der Waals surface area contributed by atoms with Gasteiger partial charge in [-0.2, -0.15) is 0 Å². The number of rotatable bonds is 7. The van der Waals surface area contributed by atoms with Crippen molar-refractivity contribution >= 4 is 0 Å². The van der Waals surface area contributed by atoms with E-state index >= 15 is 0 Å². The van der Waals surface area contributed by atoms with Gasteiger partial charge < -0.3 is 15.0 Å². The van der Waals surface area contributed by atoms with Crippen LogP contribution in [0.4, 0.5) is 0 Å². The number of aryl methyl sites for hydroxylation is 1. The first-order valence-corrected chi connectivity index (χ1v) is 5.58. The largest absolute Gasteiger partial charge is 0.380 e. The summed E-state index contributed by atoms with van der Waals surface area (Å²) >= 11 is 0. The van der Waals surface area contributed by atoms with Crippen molar-refractivity contribution in [3.63, 3.8) is 0 Å². The van der Waals surface area contributed by atoms with Crippen LogP contribution in [0.3, 0.4) is 0 Å². The average molecular weight is 211 g/mol. The molecule has 1 aromatic heterocycles. The van der Waals surface area contributed by atoms with Crippen molar-refractivity contribution in [3.05, 3.63) is 17.7 Å². The molecule has 0 amide bonds. The summed E-state index contributed by atoms with van der Waals surface area (Å²) in [4.78, 5) is 4.23. The minimum Gasteiger partial charge on any atom is -0.380 e. The second-order valence-electron chi connectivity index (χ2n) is 3.62. The van der Waals surface area contributed by atoms with Crippen molar-refractivity contribution in [2.45, 2.75) is 39.8 Å². The van der Waals surface area contributed by atoms with Crippen molar-refractivity contribution in [1.82, 2.24) is 9.55 Å². The molecule has 4 nitrogen and oxygen atoms in total. The van der Waals surface area contributed by atoms with Gasteiger partial charge in [0.05, 0.1) is 12.3 Å². The van der Waals surface area contributed by atoms with Gasteiger partial charge in [-0.3, -0.25) is 0 Å². The van der Waals surface area contributed by atoms with Crippen LogP contribution in [0.25, 0.3) is 0 Å². The molecular weight excluding hydrogens is 190 g/mol. The quantitative estimate of drug-likeness (QED) is 0.695. The first-order valence-electron chi connectivity index (χ1n) is 5.58. The Hall–Kier alpha value is -0.870. The topological polar surface area (TPSA) is 53.1 Å². The summed E-state index contributed by atoms with van der Waals surface area (Å²) in [5, 5.41) is 0. The number of unbranched alkanes of at least 4 members (excludes halogenated alkanes) is 1. The zero-order chi connectivity index (χ0) is 11.1. The molecule has 0 aromatic carbocycles. The lowest BCUT2D eigenvalue weighted by molar-refractivity contribution is 0.122. The fourth-order valence-corrected chi connectivity index (χ4v) is 1.49. The van der Waals surface area contributed by atoms with E-state index in [9.17, 15) is 0 Å². The lowest BCUT2D eigenvalue weighted by Crippen LogP contribution is -2.13. The molecule has 0 aliphatic carbocycles. The average Bonchev–Trinajstić information content (AvgIpc) is 2.60. The maximum atomic E-state index is 5.61. The van der Waals surface area contributed by atoms with Crippen molar-refractivity contribution in [2.75, 3.05) is 13.2 Å². The molecule has 0 saturated heterocycles. The van der Waals surface area contributed by atoms with E-state index in [4.69, 9.17) is 10.5 Å². The lowest BCUT2D eigenvalue weighted by Gasteiger charge is -2.09. The fourth-order valence-electron chi connectivity index (χ4n) is 1.49. The molecule has 2 N–H and O–H groups in total. The molecule has 0 saturated carbocycles. The van der Waals surface area contributed by atoms with Gasteiger partial charge in [0, 0.05) is 25.9 Å². The van der Waals surface area contributed by atoms with Crippen LogP contribution in [-0.4, -0.2) is 22.8 Å². The molecule has 0 aliphatic heterocycles. The molecule has 0 radical (unpaired) electrons. The maximum absolute atomic E-state index is 5.61. The molecule has 0 aliphatic rings. The first-order chi connectivity index (χ1) is 7.29. The standard InChI is InChI=1S/C11H21N3O/c1-3-4-6-15-7-5-14-10(2)13-9-11(14)8-12/h9H,3-8,12H2,1-2H3. The third-order valence-electron chi connectivity index (χ3n) is 2.45. The Balaban J connectivity index is 2.33.